The number of amides is 3. The van der Waals surface area contributed by atoms with Gasteiger partial charge in [0.1, 0.15) is 5.75 Å². The normalized spacial score (nSPS) is 14.6. The number of rotatable bonds is 9. The molecule has 1 aliphatic rings. The van der Waals surface area contributed by atoms with E-state index in [1.807, 2.05) is 48.5 Å². The van der Waals surface area contributed by atoms with Crippen LogP contribution in [0.25, 0.3) is 0 Å². The van der Waals surface area contributed by atoms with Crippen LogP contribution in [0.15, 0.2) is 54.6 Å². The van der Waals surface area contributed by atoms with Crippen molar-refractivity contribution in [2.24, 2.45) is 0 Å². The molecule has 2 N–H and O–H groups in total. The van der Waals surface area contributed by atoms with Gasteiger partial charge >= 0.3 is 6.03 Å². The summed E-state index contributed by atoms with van der Waals surface area (Å²) in [6.45, 7) is 1.43. The van der Waals surface area contributed by atoms with E-state index in [4.69, 9.17) is 4.74 Å². The van der Waals surface area contributed by atoms with Gasteiger partial charge in [0.25, 0.3) is 0 Å². The molecule has 1 aliphatic carbocycles. The molecule has 2 aromatic rings. The molecule has 3 rings (SSSR count). The number of nitrogens with zero attached hydrogens (tertiary/aromatic N) is 1. The van der Waals surface area contributed by atoms with Gasteiger partial charge in [-0.2, -0.15) is 0 Å². The van der Waals surface area contributed by atoms with E-state index in [0.29, 0.717) is 19.6 Å². The van der Waals surface area contributed by atoms with Crippen LogP contribution in [0.4, 0.5) is 4.79 Å². The molecule has 0 radical (unpaired) electrons. The molecule has 3 amide bonds. The highest BCUT2D eigenvalue weighted by molar-refractivity contribution is 5.78. The van der Waals surface area contributed by atoms with E-state index in [1.54, 1.807) is 19.1 Å². The van der Waals surface area contributed by atoms with Crippen molar-refractivity contribution in [1.29, 1.82) is 0 Å². The fourth-order valence-corrected chi connectivity index (χ4v) is 4.38. The molecule has 0 atom stereocenters. The van der Waals surface area contributed by atoms with Crippen LogP contribution >= 0.6 is 0 Å². The molecule has 0 saturated heterocycles. The number of nitrogens with one attached hydrogen (secondary N) is 2. The standard InChI is InChI=1S/C25H33N3O3/c1-28(18-20-10-4-3-5-11-20)24(30)26-17-14-23(29)27-19-25(15-8-9-16-25)21-12-6-7-13-22(21)31-2/h3-7,10-13H,8-9,14-19H2,1-2H3,(H,26,30)(H,27,29). The van der Waals surface area contributed by atoms with Crippen LogP contribution in [-0.4, -0.2) is 44.1 Å². The Morgan fingerprint density at radius 1 is 1.00 bits per heavy atom. The second-order valence-electron chi connectivity index (χ2n) is 8.29. The summed E-state index contributed by atoms with van der Waals surface area (Å²) in [5.41, 5.74) is 2.16. The maximum atomic E-state index is 12.5. The predicted molar refractivity (Wildman–Crippen MR) is 122 cm³/mol. The smallest absolute Gasteiger partial charge is 0.317 e. The van der Waals surface area contributed by atoms with E-state index in [2.05, 4.69) is 16.7 Å². The van der Waals surface area contributed by atoms with Crippen LogP contribution < -0.4 is 15.4 Å². The van der Waals surface area contributed by atoms with Crippen LogP contribution in [0.2, 0.25) is 0 Å². The number of carbonyl (C=O) groups excluding carboxylic acids is 2. The van der Waals surface area contributed by atoms with E-state index >= 15 is 0 Å². The zero-order chi connectivity index (χ0) is 22.1. The highest BCUT2D eigenvalue weighted by atomic mass is 16.5. The first-order chi connectivity index (χ1) is 15.0. The van der Waals surface area contributed by atoms with Crippen LogP contribution in [0, 0.1) is 0 Å². The van der Waals surface area contributed by atoms with Gasteiger partial charge in [-0.05, 0) is 24.5 Å². The number of methoxy groups -OCH3 is 1. The number of benzene rings is 2. The van der Waals surface area contributed by atoms with Crippen molar-refractivity contribution in [3.05, 3.63) is 65.7 Å². The average molecular weight is 424 g/mol. The summed E-state index contributed by atoms with van der Waals surface area (Å²) < 4.78 is 5.58. The van der Waals surface area contributed by atoms with Gasteiger partial charge in [0, 0.05) is 44.1 Å². The minimum absolute atomic E-state index is 0.0489. The molecule has 1 saturated carbocycles. The number of para-hydroxylation sites is 1. The molecule has 1 fully saturated rings. The first kappa shape index (κ1) is 22.7. The van der Waals surface area contributed by atoms with Crippen molar-refractivity contribution in [2.45, 2.75) is 44.1 Å². The number of carbonyl (C=O) groups is 2. The van der Waals surface area contributed by atoms with Gasteiger partial charge in [-0.15, -0.1) is 0 Å². The predicted octanol–water partition coefficient (Wildman–Crippen LogP) is 3.85. The summed E-state index contributed by atoms with van der Waals surface area (Å²) in [7, 11) is 3.44. The Bertz CT molecular complexity index is 863. The minimum Gasteiger partial charge on any atom is -0.496 e. The van der Waals surface area contributed by atoms with E-state index in [9.17, 15) is 9.59 Å². The summed E-state index contributed by atoms with van der Waals surface area (Å²) in [6.07, 6.45) is 4.63. The molecule has 0 aromatic heterocycles. The first-order valence-electron chi connectivity index (χ1n) is 11.0. The lowest BCUT2D eigenvalue weighted by atomic mass is 9.78. The Balaban J connectivity index is 1.46. The third-order valence-electron chi connectivity index (χ3n) is 6.10. The van der Waals surface area contributed by atoms with E-state index in [1.165, 1.54) is 5.56 Å². The zero-order valence-electron chi connectivity index (χ0n) is 18.5. The van der Waals surface area contributed by atoms with Crippen LogP contribution in [0.3, 0.4) is 0 Å². The van der Waals surface area contributed by atoms with Crippen LogP contribution in [-0.2, 0) is 16.8 Å². The van der Waals surface area contributed by atoms with Crippen molar-refractivity contribution in [2.75, 3.05) is 27.2 Å². The molecule has 0 heterocycles. The quantitative estimate of drug-likeness (QED) is 0.644. The Labute approximate surface area is 185 Å². The SMILES string of the molecule is COc1ccccc1C1(CNC(=O)CCNC(=O)N(C)Cc2ccccc2)CCCC1. The van der Waals surface area contributed by atoms with Crippen LogP contribution in [0.5, 0.6) is 5.75 Å². The van der Waals surface area contributed by atoms with Crippen molar-refractivity contribution in [1.82, 2.24) is 15.5 Å². The number of ether oxygens (including phenoxy) is 1. The van der Waals surface area contributed by atoms with Crippen molar-refractivity contribution in [3.63, 3.8) is 0 Å². The lowest BCUT2D eigenvalue weighted by molar-refractivity contribution is -0.121. The Kier molecular flexibility index (Phi) is 7.93. The van der Waals surface area contributed by atoms with Crippen molar-refractivity contribution < 1.29 is 14.3 Å². The highest BCUT2D eigenvalue weighted by Gasteiger charge is 2.37. The Hall–Kier alpha value is -3.02. The fraction of sp³-hybridized carbons (Fsp3) is 0.440. The molecule has 0 unspecified atom stereocenters. The van der Waals surface area contributed by atoms with Gasteiger partial charge in [-0.3, -0.25) is 4.79 Å². The Morgan fingerprint density at radius 2 is 1.68 bits per heavy atom. The van der Waals surface area contributed by atoms with Gasteiger partial charge in [0.05, 0.1) is 7.11 Å². The summed E-state index contributed by atoms with van der Waals surface area (Å²) in [6, 6.07) is 17.7. The largest absolute Gasteiger partial charge is 0.496 e. The van der Waals surface area contributed by atoms with Gasteiger partial charge in [0.2, 0.25) is 5.91 Å². The lowest BCUT2D eigenvalue weighted by Crippen LogP contribution is -2.41. The van der Waals surface area contributed by atoms with Crippen molar-refractivity contribution >= 4 is 11.9 Å². The first-order valence-corrected chi connectivity index (χ1v) is 11.0. The molecule has 6 heteroatoms. The third-order valence-corrected chi connectivity index (χ3v) is 6.10. The van der Waals surface area contributed by atoms with E-state index in [0.717, 1.165) is 37.0 Å². The molecular formula is C25H33N3O3. The topological polar surface area (TPSA) is 70.7 Å². The number of urea groups is 1. The van der Waals surface area contributed by atoms with Gasteiger partial charge in [-0.25, -0.2) is 4.79 Å². The minimum atomic E-state index is -0.182. The molecule has 31 heavy (non-hydrogen) atoms. The third kappa shape index (κ3) is 6.00. The number of hydrogen-bond acceptors (Lipinski definition) is 3. The molecule has 0 spiro atoms. The van der Waals surface area contributed by atoms with E-state index < -0.39 is 0 Å². The van der Waals surface area contributed by atoms with Gasteiger partial charge < -0.3 is 20.3 Å². The second-order valence-corrected chi connectivity index (χ2v) is 8.29. The fourth-order valence-electron chi connectivity index (χ4n) is 4.38. The highest BCUT2D eigenvalue weighted by Crippen LogP contribution is 2.44. The number of hydrogen-bond donors (Lipinski definition) is 2. The lowest BCUT2D eigenvalue weighted by Gasteiger charge is -2.31. The Morgan fingerprint density at radius 3 is 2.39 bits per heavy atom. The molecule has 6 nitrogen and oxygen atoms in total. The van der Waals surface area contributed by atoms with Gasteiger partial charge in [-0.1, -0.05) is 61.4 Å². The maximum absolute atomic E-state index is 12.5. The summed E-state index contributed by atoms with van der Waals surface area (Å²) >= 11 is 0. The molecule has 2 aromatic carbocycles. The average Bonchev–Trinajstić information content (AvgIpc) is 3.28. The van der Waals surface area contributed by atoms with Crippen molar-refractivity contribution in [3.8, 4) is 5.75 Å². The summed E-state index contributed by atoms with van der Waals surface area (Å²) in [5, 5.41) is 5.93. The molecular weight excluding hydrogens is 390 g/mol. The summed E-state index contributed by atoms with van der Waals surface area (Å²) in [4.78, 5) is 26.3. The van der Waals surface area contributed by atoms with E-state index in [-0.39, 0.29) is 23.8 Å². The molecule has 0 bridgehead atoms. The van der Waals surface area contributed by atoms with Gasteiger partial charge in [0.15, 0.2) is 0 Å². The monoisotopic (exact) mass is 423 g/mol. The zero-order valence-corrected chi connectivity index (χ0v) is 18.5. The summed E-state index contributed by atoms with van der Waals surface area (Å²) in [5.74, 6) is 0.833. The molecule has 0 aliphatic heterocycles. The molecule has 166 valence electrons. The maximum Gasteiger partial charge on any atom is 0.317 e. The van der Waals surface area contributed by atoms with Crippen LogP contribution in [0.1, 0.15) is 43.2 Å². The second kappa shape index (κ2) is 10.8.